The van der Waals surface area contributed by atoms with E-state index in [1.807, 2.05) is 0 Å². The van der Waals surface area contributed by atoms with E-state index >= 15 is 0 Å². The molecule has 1 saturated heterocycles. The van der Waals surface area contributed by atoms with Crippen LogP contribution in [0.3, 0.4) is 0 Å². The third-order valence-electron chi connectivity index (χ3n) is 8.57. The van der Waals surface area contributed by atoms with Crippen LogP contribution < -0.4 is 5.32 Å². The van der Waals surface area contributed by atoms with E-state index in [-0.39, 0.29) is 50.8 Å². The predicted octanol–water partition coefficient (Wildman–Crippen LogP) is 9.04. The lowest BCUT2D eigenvalue weighted by atomic mass is 9.75. The number of carbonyl (C=O) groups excluding carboxylic acids is 2. The molecule has 1 N–H and O–H groups in total. The van der Waals surface area contributed by atoms with Crippen molar-refractivity contribution in [2.24, 2.45) is 0 Å². The van der Waals surface area contributed by atoms with Crippen LogP contribution >= 0.6 is 0 Å². The van der Waals surface area contributed by atoms with Crippen molar-refractivity contribution >= 4 is 12.2 Å². The zero-order valence-corrected chi connectivity index (χ0v) is 29.0. The zero-order chi connectivity index (χ0) is 37.7. The quantitative estimate of drug-likeness (QED) is 0.210. The summed E-state index contributed by atoms with van der Waals surface area (Å²) in [4.78, 5) is 28.7. The highest BCUT2D eigenvalue weighted by Crippen LogP contribution is 2.44. The molecule has 0 aromatic heterocycles. The summed E-state index contributed by atoms with van der Waals surface area (Å²) in [6, 6.07) is 18.9. The summed E-state index contributed by atoms with van der Waals surface area (Å²) in [5, 5.41) is 2.88. The van der Waals surface area contributed by atoms with Gasteiger partial charge in [0.2, 0.25) is 0 Å². The van der Waals surface area contributed by atoms with Gasteiger partial charge < -0.3 is 24.3 Å². The summed E-state index contributed by atoms with van der Waals surface area (Å²) < 4.78 is 105. The molecule has 0 spiro atoms. The largest absolute Gasteiger partial charge is 0.445 e. The molecule has 1 fully saturated rings. The second kappa shape index (κ2) is 15.5. The van der Waals surface area contributed by atoms with Crippen molar-refractivity contribution in [2.45, 2.75) is 82.3 Å². The Bertz CT molecular complexity index is 1600. The first kappa shape index (κ1) is 39.5. The second-order valence-corrected chi connectivity index (χ2v) is 13.7. The Hall–Kier alpha value is -4.30. The van der Waals surface area contributed by atoms with Crippen LogP contribution in [0, 0.1) is 0 Å². The number of hydrogen-bond donors (Lipinski definition) is 1. The van der Waals surface area contributed by atoms with E-state index in [1.54, 1.807) is 81.4 Å². The molecule has 8 nitrogen and oxygen atoms in total. The summed E-state index contributed by atoms with van der Waals surface area (Å²) in [6.45, 7) is 5.75. The van der Waals surface area contributed by atoms with Gasteiger partial charge in [-0.1, -0.05) is 60.7 Å². The van der Waals surface area contributed by atoms with Gasteiger partial charge in [-0.05, 0) is 75.4 Å². The molecule has 0 aliphatic carbocycles. The number of alkyl halides is 6. The second-order valence-electron chi connectivity index (χ2n) is 13.7. The van der Waals surface area contributed by atoms with Crippen LogP contribution in [0.5, 0.6) is 0 Å². The number of alkyl carbamates (subject to hydrolysis) is 1. The van der Waals surface area contributed by atoms with E-state index in [0.29, 0.717) is 23.3 Å². The van der Waals surface area contributed by atoms with Gasteiger partial charge in [0.1, 0.15) is 12.2 Å². The Morgan fingerprint density at radius 1 is 0.843 bits per heavy atom. The standard InChI is InChI=1S/C37H42F6N2O6/c1-25(27-18-29(36(38,39)40)20-30(19-27)37(41,42)43)50-24-35(28-14-10-7-11-15-28)17-16-34(23-48-5,44-31(46)51-33(2,3)4)22-45(35)32(47)49-21-26-12-8-6-9-13-26/h6-15,18-20,25H,16-17,21-24H2,1-5H3,(H,44,46)/t25-,34?,35-/m1/s1. The van der Waals surface area contributed by atoms with Crippen LogP contribution in [0.1, 0.15) is 74.5 Å². The number of carbonyl (C=O) groups is 2. The lowest BCUT2D eigenvalue weighted by Crippen LogP contribution is -2.68. The number of amides is 2. The molecule has 3 aromatic carbocycles. The van der Waals surface area contributed by atoms with Crippen LogP contribution in [0.15, 0.2) is 78.9 Å². The van der Waals surface area contributed by atoms with Gasteiger partial charge in [0.25, 0.3) is 0 Å². The molecule has 0 radical (unpaired) electrons. The number of hydrogen-bond acceptors (Lipinski definition) is 6. The molecule has 1 unspecified atom stereocenters. The highest BCUT2D eigenvalue weighted by atomic mass is 19.4. The molecule has 1 aliphatic rings. The molecule has 2 amide bonds. The Morgan fingerprint density at radius 3 is 1.94 bits per heavy atom. The average Bonchev–Trinajstić information content (AvgIpc) is 3.05. The number of rotatable bonds is 10. The first-order chi connectivity index (χ1) is 23.8. The fourth-order valence-electron chi connectivity index (χ4n) is 6.06. The minimum absolute atomic E-state index is 0.0404. The molecule has 14 heteroatoms. The molecule has 0 bridgehead atoms. The van der Waals surface area contributed by atoms with E-state index in [0.717, 1.165) is 0 Å². The number of ether oxygens (including phenoxy) is 4. The lowest BCUT2D eigenvalue weighted by molar-refractivity contribution is -0.143. The minimum atomic E-state index is -5.05. The minimum Gasteiger partial charge on any atom is -0.445 e. The summed E-state index contributed by atoms with van der Waals surface area (Å²) in [5.41, 5.74) is -5.41. The molecule has 1 heterocycles. The van der Waals surface area contributed by atoms with Gasteiger partial charge in [-0.25, -0.2) is 9.59 Å². The van der Waals surface area contributed by atoms with Crippen molar-refractivity contribution in [1.29, 1.82) is 0 Å². The van der Waals surface area contributed by atoms with E-state index in [2.05, 4.69) is 5.32 Å². The van der Waals surface area contributed by atoms with E-state index in [1.165, 1.54) is 18.9 Å². The van der Waals surface area contributed by atoms with Gasteiger partial charge in [0.15, 0.2) is 0 Å². The average molecular weight is 725 g/mol. The van der Waals surface area contributed by atoms with Gasteiger partial charge in [-0.2, -0.15) is 26.3 Å². The number of halogens is 6. The molecular weight excluding hydrogens is 682 g/mol. The SMILES string of the molecule is COCC1(NC(=O)OC(C)(C)C)CC[C@@](CO[C@H](C)c2cc(C(F)(F)F)cc(C(F)(F)F)c2)(c2ccccc2)N(C(=O)OCc2ccccc2)C1. The van der Waals surface area contributed by atoms with Gasteiger partial charge in [-0.3, -0.25) is 4.90 Å². The van der Waals surface area contributed by atoms with Crippen molar-refractivity contribution in [3.8, 4) is 0 Å². The van der Waals surface area contributed by atoms with Crippen LogP contribution in [-0.4, -0.2) is 55.1 Å². The summed E-state index contributed by atoms with van der Waals surface area (Å²) >= 11 is 0. The molecule has 4 rings (SSSR count). The smallest absolute Gasteiger partial charge is 0.416 e. The maximum Gasteiger partial charge on any atom is 0.416 e. The topological polar surface area (TPSA) is 86.3 Å². The lowest BCUT2D eigenvalue weighted by Gasteiger charge is -2.53. The normalized spacial score (nSPS) is 20.4. The highest BCUT2D eigenvalue weighted by Gasteiger charge is 2.53. The first-order valence-corrected chi connectivity index (χ1v) is 16.2. The fourth-order valence-corrected chi connectivity index (χ4v) is 6.06. The van der Waals surface area contributed by atoms with Gasteiger partial charge in [0.05, 0.1) is 48.1 Å². The number of nitrogens with one attached hydrogen (secondary N) is 1. The van der Waals surface area contributed by atoms with Crippen molar-refractivity contribution in [3.05, 3.63) is 107 Å². The van der Waals surface area contributed by atoms with E-state index < -0.39 is 58.4 Å². The zero-order valence-electron chi connectivity index (χ0n) is 29.0. The Balaban J connectivity index is 1.76. The van der Waals surface area contributed by atoms with Gasteiger partial charge in [-0.15, -0.1) is 0 Å². The van der Waals surface area contributed by atoms with Crippen LogP contribution in [0.2, 0.25) is 0 Å². The Labute approximate surface area is 293 Å². The third-order valence-corrected chi connectivity index (χ3v) is 8.57. The molecule has 3 aromatic rings. The van der Waals surface area contributed by atoms with Crippen LogP contribution in [0.4, 0.5) is 35.9 Å². The van der Waals surface area contributed by atoms with Crippen molar-refractivity contribution in [2.75, 3.05) is 26.9 Å². The highest BCUT2D eigenvalue weighted by molar-refractivity contribution is 5.72. The molecular formula is C37H42F6N2O6. The number of methoxy groups -OCH3 is 1. The summed E-state index contributed by atoms with van der Waals surface area (Å²) in [5.74, 6) is 0. The monoisotopic (exact) mass is 724 g/mol. The maximum atomic E-state index is 14.2. The number of likely N-dealkylation sites (tertiary alicyclic amines) is 1. The first-order valence-electron chi connectivity index (χ1n) is 16.2. The Morgan fingerprint density at radius 2 is 1.41 bits per heavy atom. The van der Waals surface area contributed by atoms with Crippen molar-refractivity contribution in [1.82, 2.24) is 10.2 Å². The van der Waals surface area contributed by atoms with Gasteiger partial charge in [0, 0.05) is 7.11 Å². The maximum absolute atomic E-state index is 14.2. The molecule has 1 aliphatic heterocycles. The Kier molecular flexibility index (Phi) is 12.0. The fraction of sp³-hybridized carbons (Fsp3) is 0.459. The molecule has 3 atom stereocenters. The number of benzene rings is 3. The number of piperidine rings is 1. The van der Waals surface area contributed by atoms with E-state index in [9.17, 15) is 35.9 Å². The van der Waals surface area contributed by atoms with Crippen molar-refractivity contribution in [3.63, 3.8) is 0 Å². The van der Waals surface area contributed by atoms with Gasteiger partial charge >= 0.3 is 24.5 Å². The van der Waals surface area contributed by atoms with Crippen LogP contribution in [0.25, 0.3) is 0 Å². The third kappa shape index (κ3) is 10.2. The summed E-state index contributed by atoms with van der Waals surface area (Å²) in [6.07, 6.45) is -12.6. The number of nitrogens with zero attached hydrogens (tertiary/aromatic N) is 1. The molecule has 278 valence electrons. The van der Waals surface area contributed by atoms with Crippen LogP contribution in [-0.2, 0) is 43.4 Å². The summed E-state index contributed by atoms with van der Waals surface area (Å²) in [7, 11) is 1.44. The molecule has 0 saturated carbocycles. The van der Waals surface area contributed by atoms with E-state index in [4.69, 9.17) is 18.9 Å². The van der Waals surface area contributed by atoms with Crippen molar-refractivity contribution < 1.29 is 54.9 Å². The predicted molar refractivity (Wildman–Crippen MR) is 175 cm³/mol. The molecule has 51 heavy (non-hydrogen) atoms.